The van der Waals surface area contributed by atoms with Gasteiger partial charge in [0.05, 0.1) is 6.33 Å². The first-order valence-corrected chi connectivity index (χ1v) is 4.42. The minimum absolute atomic E-state index is 0.284. The van der Waals surface area contributed by atoms with Crippen LogP contribution in [0.5, 0.6) is 0 Å². The zero-order valence-electron chi connectivity index (χ0n) is 6.33. The number of carbonyl (C=O) groups excluding carboxylic acids is 1. The van der Waals surface area contributed by atoms with Gasteiger partial charge in [0.15, 0.2) is 6.29 Å². The number of aryl methyl sites for hydroxylation is 1. The second-order valence-electron chi connectivity index (χ2n) is 2.27. The first-order chi connectivity index (χ1) is 5.79. The van der Waals surface area contributed by atoms with Crippen LogP contribution in [-0.4, -0.2) is 21.7 Å². The fourth-order valence-corrected chi connectivity index (χ4v) is 1.19. The van der Waals surface area contributed by atoms with E-state index in [1.165, 1.54) is 0 Å². The molecule has 0 aromatic carbocycles. The van der Waals surface area contributed by atoms with Crippen molar-refractivity contribution in [3.8, 4) is 0 Å². The Morgan fingerprint density at radius 2 is 2.42 bits per heavy atom. The highest BCUT2D eigenvalue weighted by atomic mass is 35.5. The maximum absolute atomic E-state index is 10.3. The molecule has 0 aliphatic heterocycles. The second-order valence-corrected chi connectivity index (χ2v) is 3.01. The van der Waals surface area contributed by atoms with Crippen molar-refractivity contribution in [1.82, 2.24) is 9.55 Å². The van der Waals surface area contributed by atoms with Crippen LogP contribution < -0.4 is 0 Å². The molecular weight excluding hydrogens is 199 g/mol. The van der Waals surface area contributed by atoms with E-state index in [4.69, 9.17) is 23.2 Å². The molecule has 0 spiro atoms. The highest BCUT2D eigenvalue weighted by molar-refractivity contribution is 6.31. The lowest BCUT2D eigenvalue weighted by Gasteiger charge is -1.99. The van der Waals surface area contributed by atoms with Gasteiger partial charge in [-0.2, -0.15) is 0 Å². The van der Waals surface area contributed by atoms with Gasteiger partial charge in [0, 0.05) is 12.4 Å². The second kappa shape index (κ2) is 4.48. The number of aldehydes is 1. The average molecular weight is 207 g/mol. The van der Waals surface area contributed by atoms with Gasteiger partial charge < -0.3 is 4.57 Å². The molecule has 0 N–H and O–H groups in total. The van der Waals surface area contributed by atoms with E-state index in [-0.39, 0.29) is 5.69 Å². The zero-order chi connectivity index (χ0) is 8.97. The van der Waals surface area contributed by atoms with Crippen LogP contribution in [0.1, 0.15) is 16.9 Å². The minimum atomic E-state index is 0.284. The van der Waals surface area contributed by atoms with E-state index in [1.807, 2.05) is 0 Å². The fourth-order valence-electron chi connectivity index (χ4n) is 0.848. The van der Waals surface area contributed by atoms with Crippen molar-refractivity contribution >= 4 is 29.5 Å². The summed E-state index contributed by atoms with van der Waals surface area (Å²) in [6.07, 6.45) is 2.99. The normalized spacial score (nSPS) is 10.2. The number of carbonyl (C=O) groups is 1. The molecule has 0 amide bonds. The van der Waals surface area contributed by atoms with Crippen LogP contribution >= 0.6 is 23.2 Å². The van der Waals surface area contributed by atoms with E-state index in [1.54, 1.807) is 10.9 Å². The lowest BCUT2D eigenvalue weighted by molar-refractivity contribution is 0.111. The van der Waals surface area contributed by atoms with Crippen molar-refractivity contribution in [2.24, 2.45) is 0 Å². The third-order valence-electron chi connectivity index (χ3n) is 1.44. The molecule has 0 fully saturated rings. The summed E-state index contributed by atoms with van der Waals surface area (Å²) in [5.74, 6) is 0.574. The standard InChI is InChI=1S/C7H8Cl2N2O/c8-2-1-3-11-5-10-6(4-12)7(11)9/h4-5H,1-3H2. The van der Waals surface area contributed by atoms with Gasteiger partial charge in [-0.3, -0.25) is 4.79 Å². The quantitative estimate of drug-likeness (QED) is 0.558. The van der Waals surface area contributed by atoms with Gasteiger partial charge in [-0.1, -0.05) is 11.6 Å². The molecule has 1 aromatic heterocycles. The Morgan fingerprint density at radius 3 is 2.92 bits per heavy atom. The summed E-state index contributed by atoms with van der Waals surface area (Å²) in [6.45, 7) is 0.698. The van der Waals surface area contributed by atoms with E-state index in [0.717, 1.165) is 6.42 Å². The minimum Gasteiger partial charge on any atom is -0.321 e. The predicted octanol–water partition coefficient (Wildman–Crippen LogP) is 1.98. The predicted molar refractivity (Wildman–Crippen MR) is 48.0 cm³/mol. The van der Waals surface area contributed by atoms with Gasteiger partial charge in [0.2, 0.25) is 0 Å². The van der Waals surface area contributed by atoms with E-state index in [2.05, 4.69) is 4.98 Å². The molecule has 12 heavy (non-hydrogen) atoms. The van der Waals surface area contributed by atoms with Crippen molar-refractivity contribution in [3.63, 3.8) is 0 Å². The summed E-state index contributed by atoms with van der Waals surface area (Å²) in [5, 5.41) is 0.384. The Bertz CT molecular complexity index is 272. The topological polar surface area (TPSA) is 34.9 Å². The monoisotopic (exact) mass is 206 g/mol. The van der Waals surface area contributed by atoms with Gasteiger partial charge in [0.25, 0.3) is 0 Å². The molecule has 1 heterocycles. The molecule has 0 saturated heterocycles. The summed E-state index contributed by atoms with van der Waals surface area (Å²) in [6, 6.07) is 0. The molecule has 0 atom stereocenters. The van der Waals surface area contributed by atoms with E-state index in [9.17, 15) is 4.79 Å². The van der Waals surface area contributed by atoms with Crippen molar-refractivity contribution in [2.75, 3.05) is 5.88 Å². The molecule has 1 rings (SSSR count). The van der Waals surface area contributed by atoms with Gasteiger partial charge >= 0.3 is 0 Å². The number of alkyl halides is 1. The third kappa shape index (κ3) is 1.99. The van der Waals surface area contributed by atoms with Gasteiger partial charge in [-0.25, -0.2) is 4.98 Å². The number of nitrogens with zero attached hydrogens (tertiary/aromatic N) is 2. The molecular formula is C7H8Cl2N2O. The molecule has 0 saturated carbocycles. The van der Waals surface area contributed by atoms with Crippen LogP contribution in [0, 0.1) is 0 Å². The fraction of sp³-hybridized carbons (Fsp3) is 0.429. The van der Waals surface area contributed by atoms with Crippen molar-refractivity contribution in [3.05, 3.63) is 17.2 Å². The number of hydrogen-bond acceptors (Lipinski definition) is 2. The number of aromatic nitrogens is 2. The average Bonchev–Trinajstić information content (AvgIpc) is 2.43. The maximum Gasteiger partial charge on any atom is 0.171 e. The molecule has 0 aliphatic rings. The number of hydrogen-bond donors (Lipinski definition) is 0. The smallest absolute Gasteiger partial charge is 0.171 e. The molecule has 0 unspecified atom stereocenters. The molecule has 0 aliphatic carbocycles. The summed E-state index contributed by atoms with van der Waals surface area (Å²) >= 11 is 11.3. The van der Waals surface area contributed by atoms with Gasteiger partial charge in [-0.05, 0) is 6.42 Å². The van der Waals surface area contributed by atoms with Crippen LogP contribution in [0.4, 0.5) is 0 Å². The highest BCUT2D eigenvalue weighted by Gasteiger charge is 2.05. The molecule has 1 aromatic rings. The van der Waals surface area contributed by atoms with Gasteiger partial charge in [-0.15, -0.1) is 11.6 Å². The lowest BCUT2D eigenvalue weighted by Crippen LogP contribution is -1.96. The Morgan fingerprint density at radius 1 is 1.67 bits per heavy atom. The summed E-state index contributed by atoms with van der Waals surface area (Å²) in [5.41, 5.74) is 0.284. The third-order valence-corrected chi connectivity index (χ3v) is 2.12. The Hall–Kier alpha value is -0.540. The van der Waals surface area contributed by atoms with E-state index < -0.39 is 0 Å². The molecule has 5 heteroatoms. The van der Waals surface area contributed by atoms with Crippen LogP contribution in [0.3, 0.4) is 0 Å². The Kier molecular flexibility index (Phi) is 3.56. The highest BCUT2D eigenvalue weighted by Crippen LogP contribution is 2.12. The van der Waals surface area contributed by atoms with Gasteiger partial charge in [0.1, 0.15) is 10.8 Å². The first kappa shape index (κ1) is 9.55. The Labute approximate surface area is 80.3 Å². The summed E-state index contributed by atoms with van der Waals surface area (Å²) < 4.78 is 1.70. The first-order valence-electron chi connectivity index (χ1n) is 3.51. The molecule has 0 radical (unpaired) electrons. The van der Waals surface area contributed by atoms with E-state index >= 15 is 0 Å². The SMILES string of the molecule is O=Cc1ncn(CCCCl)c1Cl. The summed E-state index contributed by atoms with van der Waals surface area (Å²) in [7, 11) is 0. The molecule has 3 nitrogen and oxygen atoms in total. The van der Waals surface area contributed by atoms with Crippen molar-refractivity contribution in [1.29, 1.82) is 0 Å². The van der Waals surface area contributed by atoms with E-state index in [0.29, 0.717) is 23.9 Å². The van der Waals surface area contributed by atoms with Crippen LogP contribution in [0.25, 0.3) is 0 Å². The molecule has 0 bridgehead atoms. The van der Waals surface area contributed by atoms with Crippen molar-refractivity contribution in [2.45, 2.75) is 13.0 Å². The largest absolute Gasteiger partial charge is 0.321 e. The Balaban J connectivity index is 2.72. The van der Waals surface area contributed by atoms with Crippen molar-refractivity contribution < 1.29 is 4.79 Å². The molecule has 66 valence electrons. The number of rotatable bonds is 4. The number of halogens is 2. The lowest BCUT2D eigenvalue weighted by atomic mass is 10.4. The maximum atomic E-state index is 10.3. The zero-order valence-corrected chi connectivity index (χ0v) is 7.85. The van der Waals surface area contributed by atoms with Crippen LogP contribution in [0.2, 0.25) is 5.15 Å². The van der Waals surface area contributed by atoms with Crippen LogP contribution in [-0.2, 0) is 6.54 Å². The van der Waals surface area contributed by atoms with Crippen LogP contribution in [0.15, 0.2) is 6.33 Å². The summed E-state index contributed by atoms with van der Waals surface area (Å²) in [4.78, 5) is 14.1. The number of imidazole rings is 1.